The fourth-order valence-corrected chi connectivity index (χ4v) is 3.61. The molecule has 2 heterocycles. The Kier molecular flexibility index (Phi) is 3.93. The summed E-state index contributed by atoms with van der Waals surface area (Å²) in [4.78, 5) is 9.60. The molecule has 0 bridgehead atoms. The van der Waals surface area contributed by atoms with Crippen molar-refractivity contribution in [3.05, 3.63) is 84.9 Å². The number of benzene rings is 3. The molecule has 5 nitrogen and oxygen atoms in total. The zero-order valence-electron chi connectivity index (χ0n) is 14.9. The predicted molar refractivity (Wildman–Crippen MR) is 111 cm³/mol. The first-order valence-corrected chi connectivity index (χ1v) is 9.02. The summed E-state index contributed by atoms with van der Waals surface area (Å²) < 4.78 is 1.75. The van der Waals surface area contributed by atoms with E-state index >= 15 is 0 Å². The van der Waals surface area contributed by atoms with Gasteiger partial charge in [0, 0.05) is 21.9 Å². The van der Waals surface area contributed by atoms with Gasteiger partial charge in [0.25, 0.3) is 0 Å². The molecule has 0 unspecified atom stereocenters. The zero-order chi connectivity index (χ0) is 19.1. The second kappa shape index (κ2) is 6.60. The van der Waals surface area contributed by atoms with Crippen molar-refractivity contribution in [3.63, 3.8) is 0 Å². The fraction of sp³-hybridized carbons (Fsp3) is 0. The standard InChI is InChI=1S/C22H16BN3O2/c27-23(28)19-17-13-7-8-14-18(17)22-25-20(15-9-3-1-4-10-15)24-21(26(19)22)16-11-5-2-6-12-16/h1-14,27-28H. The molecule has 3 aromatic carbocycles. The second-order valence-corrected chi connectivity index (χ2v) is 6.57. The molecule has 0 saturated carbocycles. The van der Waals surface area contributed by atoms with E-state index in [0.717, 1.165) is 21.9 Å². The van der Waals surface area contributed by atoms with Gasteiger partial charge >= 0.3 is 7.12 Å². The monoisotopic (exact) mass is 365 g/mol. The van der Waals surface area contributed by atoms with Crippen molar-refractivity contribution >= 4 is 29.1 Å². The average molecular weight is 365 g/mol. The molecule has 5 aromatic rings. The van der Waals surface area contributed by atoms with Crippen LogP contribution in [0.15, 0.2) is 84.9 Å². The smallest absolute Gasteiger partial charge is 0.422 e. The van der Waals surface area contributed by atoms with Crippen molar-refractivity contribution in [2.75, 3.05) is 0 Å². The number of fused-ring (bicyclic) bond motifs is 3. The van der Waals surface area contributed by atoms with E-state index in [0.29, 0.717) is 22.9 Å². The average Bonchev–Trinajstić information content (AvgIpc) is 3.09. The maximum Gasteiger partial charge on any atom is 0.507 e. The molecule has 134 valence electrons. The van der Waals surface area contributed by atoms with Gasteiger partial charge in [-0.15, -0.1) is 0 Å². The van der Waals surface area contributed by atoms with Crippen molar-refractivity contribution in [2.45, 2.75) is 0 Å². The Morgan fingerprint density at radius 2 is 1.21 bits per heavy atom. The summed E-state index contributed by atoms with van der Waals surface area (Å²) in [7, 11) is -1.65. The molecule has 0 fully saturated rings. The highest BCUT2D eigenvalue weighted by molar-refractivity contribution is 6.61. The molecule has 0 atom stereocenters. The van der Waals surface area contributed by atoms with Gasteiger partial charge in [-0.1, -0.05) is 84.9 Å². The Labute approximate surface area is 161 Å². The first-order chi connectivity index (χ1) is 13.7. The molecule has 0 aliphatic carbocycles. The maximum atomic E-state index is 10.1. The number of hydrogen-bond acceptors (Lipinski definition) is 4. The maximum absolute atomic E-state index is 10.1. The third kappa shape index (κ3) is 2.59. The first-order valence-electron chi connectivity index (χ1n) is 9.02. The van der Waals surface area contributed by atoms with E-state index in [2.05, 4.69) is 0 Å². The SMILES string of the molecule is OB(O)c1c2ccccc2c2nc(-c3ccccc3)nc(-c3ccccc3)n12. The van der Waals surface area contributed by atoms with E-state index in [1.54, 1.807) is 4.40 Å². The molecule has 0 amide bonds. The normalized spacial score (nSPS) is 11.2. The first kappa shape index (κ1) is 16.7. The molecule has 0 spiro atoms. The van der Waals surface area contributed by atoms with Crippen molar-refractivity contribution in [2.24, 2.45) is 0 Å². The Balaban J connectivity index is 1.97. The van der Waals surface area contributed by atoms with Crippen LogP contribution in [0.3, 0.4) is 0 Å². The molecule has 0 aliphatic rings. The lowest BCUT2D eigenvalue weighted by Crippen LogP contribution is -2.35. The van der Waals surface area contributed by atoms with Gasteiger partial charge in [-0.3, -0.25) is 4.40 Å². The molecule has 2 aromatic heterocycles. The highest BCUT2D eigenvalue weighted by Crippen LogP contribution is 2.27. The highest BCUT2D eigenvalue weighted by atomic mass is 16.4. The van der Waals surface area contributed by atoms with Gasteiger partial charge in [0.15, 0.2) is 5.82 Å². The molecule has 28 heavy (non-hydrogen) atoms. The van der Waals surface area contributed by atoms with Crippen LogP contribution in [0.5, 0.6) is 0 Å². The molecule has 0 radical (unpaired) electrons. The van der Waals surface area contributed by atoms with Gasteiger partial charge in [-0.2, -0.15) is 0 Å². The van der Waals surface area contributed by atoms with Crippen LogP contribution < -0.4 is 5.59 Å². The van der Waals surface area contributed by atoms with Crippen molar-refractivity contribution < 1.29 is 10.0 Å². The molecule has 0 aliphatic heterocycles. The summed E-state index contributed by atoms with van der Waals surface area (Å²) in [5.74, 6) is 1.21. The van der Waals surface area contributed by atoms with Crippen molar-refractivity contribution in [3.8, 4) is 22.8 Å². The van der Waals surface area contributed by atoms with Gasteiger partial charge in [0.05, 0.1) is 5.59 Å². The summed E-state index contributed by atoms with van der Waals surface area (Å²) >= 11 is 0. The van der Waals surface area contributed by atoms with Crippen LogP contribution in [0.1, 0.15) is 0 Å². The van der Waals surface area contributed by atoms with Gasteiger partial charge in [0.1, 0.15) is 11.5 Å². The molecule has 0 saturated heterocycles. The Hall–Kier alpha value is -3.48. The van der Waals surface area contributed by atoms with E-state index in [1.165, 1.54) is 0 Å². The molecular formula is C22H16BN3O2. The summed E-state index contributed by atoms with van der Waals surface area (Å²) in [5, 5.41) is 21.9. The number of rotatable bonds is 3. The summed E-state index contributed by atoms with van der Waals surface area (Å²) in [6, 6.07) is 27.1. The molecular weight excluding hydrogens is 349 g/mol. The fourth-order valence-electron chi connectivity index (χ4n) is 3.61. The van der Waals surface area contributed by atoms with Crippen LogP contribution in [-0.4, -0.2) is 31.5 Å². The van der Waals surface area contributed by atoms with Gasteiger partial charge in [-0.05, 0) is 0 Å². The Morgan fingerprint density at radius 3 is 1.86 bits per heavy atom. The van der Waals surface area contributed by atoms with E-state index in [4.69, 9.17) is 9.97 Å². The lowest BCUT2D eigenvalue weighted by molar-refractivity contribution is 0.424. The number of hydrogen-bond donors (Lipinski definition) is 2. The minimum absolute atomic E-state index is 0.365. The van der Waals surface area contributed by atoms with Crippen LogP contribution >= 0.6 is 0 Å². The third-order valence-corrected chi connectivity index (χ3v) is 4.84. The minimum atomic E-state index is -1.65. The molecule has 5 rings (SSSR count). The Morgan fingerprint density at radius 1 is 0.643 bits per heavy atom. The lowest BCUT2D eigenvalue weighted by atomic mass is 9.83. The second-order valence-electron chi connectivity index (χ2n) is 6.57. The van der Waals surface area contributed by atoms with Crippen LogP contribution in [0.4, 0.5) is 0 Å². The summed E-state index contributed by atoms with van der Waals surface area (Å²) in [6.07, 6.45) is 0. The van der Waals surface area contributed by atoms with Crippen LogP contribution in [0.25, 0.3) is 39.2 Å². The highest BCUT2D eigenvalue weighted by Gasteiger charge is 2.25. The third-order valence-electron chi connectivity index (χ3n) is 4.84. The van der Waals surface area contributed by atoms with E-state index in [1.807, 2.05) is 84.9 Å². The van der Waals surface area contributed by atoms with Crippen LogP contribution in [-0.2, 0) is 0 Å². The summed E-state index contributed by atoms with van der Waals surface area (Å²) in [5.41, 5.74) is 2.78. The van der Waals surface area contributed by atoms with E-state index in [-0.39, 0.29) is 0 Å². The van der Waals surface area contributed by atoms with Gasteiger partial charge in [-0.25, -0.2) is 9.97 Å². The minimum Gasteiger partial charge on any atom is -0.422 e. The predicted octanol–water partition coefficient (Wildman–Crippen LogP) is 2.90. The van der Waals surface area contributed by atoms with Gasteiger partial charge in [0.2, 0.25) is 0 Å². The summed E-state index contributed by atoms with van der Waals surface area (Å²) in [6.45, 7) is 0. The largest absolute Gasteiger partial charge is 0.507 e. The van der Waals surface area contributed by atoms with Crippen molar-refractivity contribution in [1.29, 1.82) is 0 Å². The number of nitrogens with zero attached hydrogens (tertiary/aromatic N) is 3. The quantitative estimate of drug-likeness (QED) is 0.483. The van der Waals surface area contributed by atoms with E-state index in [9.17, 15) is 10.0 Å². The van der Waals surface area contributed by atoms with Gasteiger partial charge < -0.3 is 10.0 Å². The van der Waals surface area contributed by atoms with Crippen LogP contribution in [0.2, 0.25) is 0 Å². The Bertz CT molecular complexity index is 1290. The van der Waals surface area contributed by atoms with Crippen molar-refractivity contribution in [1.82, 2.24) is 14.4 Å². The zero-order valence-corrected chi connectivity index (χ0v) is 14.9. The number of aromatic nitrogens is 3. The van der Waals surface area contributed by atoms with Crippen LogP contribution in [0, 0.1) is 0 Å². The van der Waals surface area contributed by atoms with E-state index < -0.39 is 7.12 Å². The topological polar surface area (TPSA) is 70.7 Å². The molecule has 2 N–H and O–H groups in total. The lowest BCUT2D eigenvalue weighted by Gasteiger charge is -2.11. The molecule has 6 heteroatoms.